The second-order valence-corrected chi connectivity index (χ2v) is 5.00. The van der Waals surface area contributed by atoms with E-state index in [1.165, 1.54) is 5.41 Å². The van der Waals surface area contributed by atoms with Crippen LogP contribution in [0.5, 0.6) is 0 Å². The van der Waals surface area contributed by atoms with Crippen molar-refractivity contribution in [3.8, 4) is 0 Å². The Morgan fingerprint density at radius 2 is 2.10 bits per heavy atom. The summed E-state index contributed by atoms with van der Waals surface area (Å²) in [5, 5.41) is 1.33. The lowest BCUT2D eigenvalue weighted by Gasteiger charge is -2.08. The van der Waals surface area contributed by atoms with Crippen molar-refractivity contribution in [3.63, 3.8) is 0 Å². The molecule has 0 aliphatic carbocycles. The van der Waals surface area contributed by atoms with E-state index >= 15 is 0 Å². The van der Waals surface area contributed by atoms with Gasteiger partial charge in [0.05, 0.1) is 5.75 Å². The predicted molar refractivity (Wildman–Crippen MR) is 41.3 cm³/mol. The molecule has 0 saturated carbocycles. The van der Waals surface area contributed by atoms with E-state index in [-0.39, 0.29) is 5.92 Å². The van der Waals surface area contributed by atoms with Gasteiger partial charge in [-0.25, -0.2) is 8.42 Å². The van der Waals surface area contributed by atoms with Crippen LogP contribution in [-0.2, 0) is 9.84 Å². The fourth-order valence-corrected chi connectivity index (χ4v) is 2.60. The maximum Gasteiger partial charge on any atom is 0.171 e. The van der Waals surface area contributed by atoms with E-state index in [0.29, 0.717) is 11.7 Å². The molecule has 1 heterocycles. The van der Waals surface area contributed by atoms with Gasteiger partial charge in [-0.15, -0.1) is 0 Å². The molecule has 1 rings (SSSR count). The molecule has 0 bridgehead atoms. The topological polar surface area (TPSA) is 34.1 Å². The molecule has 0 amide bonds. The Kier molecular flexibility index (Phi) is 1.86. The normalized spacial score (nSPS) is 29.7. The molecule has 0 aromatic rings. The third kappa shape index (κ3) is 1.59. The SMILES string of the molecule is CC(C)C1C=CS(=O)(=O)C1. The largest absolute Gasteiger partial charge is 0.224 e. The zero-order valence-corrected chi connectivity index (χ0v) is 7.06. The molecule has 1 aliphatic heterocycles. The Morgan fingerprint density at radius 1 is 1.50 bits per heavy atom. The fraction of sp³-hybridized carbons (Fsp3) is 0.714. The fourth-order valence-electron chi connectivity index (χ4n) is 1.01. The highest BCUT2D eigenvalue weighted by Crippen LogP contribution is 2.21. The first-order valence-electron chi connectivity index (χ1n) is 3.42. The number of sulfone groups is 1. The Labute approximate surface area is 61.9 Å². The molecule has 2 nitrogen and oxygen atoms in total. The van der Waals surface area contributed by atoms with Gasteiger partial charge in [-0.05, 0) is 11.8 Å². The second-order valence-electron chi connectivity index (χ2n) is 3.07. The van der Waals surface area contributed by atoms with E-state index in [1.54, 1.807) is 6.08 Å². The van der Waals surface area contributed by atoms with Crippen molar-refractivity contribution in [2.75, 3.05) is 5.75 Å². The average Bonchev–Trinajstić information content (AvgIpc) is 2.10. The number of rotatable bonds is 1. The zero-order valence-electron chi connectivity index (χ0n) is 6.24. The van der Waals surface area contributed by atoms with Gasteiger partial charge >= 0.3 is 0 Å². The highest BCUT2D eigenvalue weighted by atomic mass is 32.2. The Hall–Kier alpha value is -0.310. The van der Waals surface area contributed by atoms with Crippen molar-refractivity contribution in [2.24, 2.45) is 11.8 Å². The van der Waals surface area contributed by atoms with Gasteiger partial charge in [-0.1, -0.05) is 19.9 Å². The van der Waals surface area contributed by atoms with Gasteiger partial charge in [0.15, 0.2) is 9.84 Å². The van der Waals surface area contributed by atoms with Gasteiger partial charge in [0.1, 0.15) is 0 Å². The Bertz CT molecular complexity index is 236. The van der Waals surface area contributed by atoms with Gasteiger partial charge in [-0.2, -0.15) is 0 Å². The van der Waals surface area contributed by atoms with Crippen LogP contribution in [0.25, 0.3) is 0 Å². The van der Waals surface area contributed by atoms with E-state index in [0.717, 1.165) is 0 Å². The molecule has 0 aromatic carbocycles. The molecular formula is C7H12O2S. The molecule has 0 saturated heterocycles. The van der Waals surface area contributed by atoms with Crippen LogP contribution >= 0.6 is 0 Å². The van der Waals surface area contributed by atoms with Crippen molar-refractivity contribution in [3.05, 3.63) is 11.5 Å². The summed E-state index contributed by atoms with van der Waals surface area (Å²) in [4.78, 5) is 0. The van der Waals surface area contributed by atoms with Crippen molar-refractivity contribution in [2.45, 2.75) is 13.8 Å². The standard InChI is InChI=1S/C7H12O2S/c1-6(2)7-3-4-10(8,9)5-7/h3-4,6-7H,5H2,1-2H3. The van der Waals surface area contributed by atoms with Gasteiger partial charge < -0.3 is 0 Å². The first kappa shape index (κ1) is 7.79. The summed E-state index contributed by atoms with van der Waals surface area (Å²) < 4.78 is 21.7. The minimum absolute atomic E-state index is 0.241. The van der Waals surface area contributed by atoms with E-state index in [4.69, 9.17) is 0 Å². The molecular weight excluding hydrogens is 148 g/mol. The minimum atomic E-state index is -2.82. The Morgan fingerprint density at radius 3 is 2.30 bits per heavy atom. The monoisotopic (exact) mass is 160 g/mol. The van der Waals surface area contributed by atoms with Crippen molar-refractivity contribution >= 4 is 9.84 Å². The minimum Gasteiger partial charge on any atom is -0.224 e. The molecule has 1 unspecified atom stereocenters. The number of hydrogen-bond acceptors (Lipinski definition) is 2. The smallest absolute Gasteiger partial charge is 0.171 e. The third-order valence-corrected chi connectivity index (χ3v) is 3.24. The molecule has 0 fully saturated rings. The summed E-state index contributed by atoms with van der Waals surface area (Å²) in [6.07, 6.45) is 1.79. The second kappa shape index (κ2) is 2.38. The summed E-state index contributed by atoms with van der Waals surface area (Å²) in [6, 6.07) is 0. The van der Waals surface area contributed by atoms with E-state index in [2.05, 4.69) is 0 Å². The van der Waals surface area contributed by atoms with E-state index < -0.39 is 9.84 Å². The molecule has 0 spiro atoms. The molecule has 0 N–H and O–H groups in total. The molecule has 0 aromatic heterocycles. The molecule has 1 atom stereocenters. The van der Waals surface area contributed by atoms with Crippen LogP contribution in [0, 0.1) is 11.8 Å². The molecule has 1 aliphatic rings. The summed E-state index contributed by atoms with van der Waals surface area (Å²) >= 11 is 0. The van der Waals surface area contributed by atoms with Crippen LogP contribution in [0.1, 0.15) is 13.8 Å². The first-order chi connectivity index (χ1) is 4.51. The quantitative estimate of drug-likeness (QED) is 0.577. The van der Waals surface area contributed by atoms with Crippen LogP contribution in [0.4, 0.5) is 0 Å². The predicted octanol–water partition coefficient (Wildman–Crippen LogP) is 1.20. The summed E-state index contributed by atoms with van der Waals surface area (Å²) in [5.41, 5.74) is 0. The van der Waals surface area contributed by atoms with Gasteiger partial charge in [0, 0.05) is 5.41 Å². The summed E-state index contributed by atoms with van der Waals surface area (Å²) in [6.45, 7) is 4.08. The average molecular weight is 160 g/mol. The highest BCUT2D eigenvalue weighted by Gasteiger charge is 2.23. The van der Waals surface area contributed by atoms with Crippen LogP contribution < -0.4 is 0 Å². The zero-order chi connectivity index (χ0) is 7.78. The van der Waals surface area contributed by atoms with E-state index in [1.807, 2.05) is 13.8 Å². The van der Waals surface area contributed by atoms with Gasteiger partial charge in [-0.3, -0.25) is 0 Å². The lowest BCUT2D eigenvalue weighted by atomic mass is 9.99. The number of hydrogen-bond donors (Lipinski definition) is 0. The number of allylic oxidation sites excluding steroid dienone is 1. The molecule has 58 valence electrons. The van der Waals surface area contributed by atoms with Crippen LogP contribution in [-0.4, -0.2) is 14.2 Å². The summed E-state index contributed by atoms with van der Waals surface area (Å²) in [5.74, 6) is 0.989. The molecule has 10 heavy (non-hydrogen) atoms. The molecule has 0 radical (unpaired) electrons. The lowest BCUT2D eigenvalue weighted by molar-refractivity contribution is 0.505. The Balaban J connectivity index is 2.72. The maximum atomic E-state index is 10.9. The van der Waals surface area contributed by atoms with Crippen LogP contribution in [0.15, 0.2) is 11.5 Å². The van der Waals surface area contributed by atoms with Gasteiger partial charge in [0.2, 0.25) is 0 Å². The lowest BCUT2D eigenvalue weighted by Crippen LogP contribution is -2.10. The maximum absolute atomic E-state index is 10.9. The summed E-state index contributed by atoms with van der Waals surface area (Å²) in [7, 11) is -2.82. The van der Waals surface area contributed by atoms with Crippen molar-refractivity contribution < 1.29 is 8.42 Å². The molecule has 3 heteroatoms. The van der Waals surface area contributed by atoms with Crippen molar-refractivity contribution in [1.29, 1.82) is 0 Å². The van der Waals surface area contributed by atoms with Gasteiger partial charge in [0.25, 0.3) is 0 Å². The third-order valence-electron chi connectivity index (χ3n) is 1.81. The van der Waals surface area contributed by atoms with Crippen LogP contribution in [0.2, 0.25) is 0 Å². The van der Waals surface area contributed by atoms with Crippen LogP contribution in [0.3, 0.4) is 0 Å². The van der Waals surface area contributed by atoms with E-state index in [9.17, 15) is 8.42 Å². The highest BCUT2D eigenvalue weighted by molar-refractivity contribution is 7.94. The first-order valence-corrected chi connectivity index (χ1v) is 5.14. The van der Waals surface area contributed by atoms with Crippen molar-refractivity contribution in [1.82, 2.24) is 0 Å².